The van der Waals surface area contributed by atoms with Crippen molar-refractivity contribution in [3.63, 3.8) is 0 Å². The summed E-state index contributed by atoms with van der Waals surface area (Å²) in [7, 11) is 0. The lowest BCUT2D eigenvalue weighted by molar-refractivity contribution is -0.137. The van der Waals surface area contributed by atoms with Crippen LogP contribution in [0.2, 0.25) is 5.02 Å². The number of benzene rings is 1. The summed E-state index contributed by atoms with van der Waals surface area (Å²) in [6, 6.07) is 4.47. The Kier molecular flexibility index (Phi) is 4.96. The number of halogens is 2. The number of carbonyl (C=O) groups excluding carboxylic acids is 1. The van der Waals surface area contributed by atoms with Gasteiger partial charge >= 0.3 is 5.97 Å². The van der Waals surface area contributed by atoms with Gasteiger partial charge in [0.25, 0.3) is 0 Å². The molecule has 0 saturated carbocycles. The Hall–Kier alpha value is -1.07. The van der Waals surface area contributed by atoms with Gasteiger partial charge in [-0.3, -0.25) is 9.59 Å². The van der Waals surface area contributed by atoms with Gasteiger partial charge in [0.1, 0.15) is 0 Å². The smallest absolute Gasteiger partial charge is 0.305 e. The highest BCUT2D eigenvalue weighted by atomic mass is 79.9. The second kappa shape index (κ2) is 6.02. The second-order valence-corrected chi connectivity index (χ2v) is 4.84. The molecule has 0 aliphatic rings. The van der Waals surface area contributed by atoms with Gasteiger partial charge in [0.2, 0.25) is 5.91 Å². The van der Waals surface area contributed by atoms with Crippen molar-refractivity contribution in [1.29, 1.82) is 0 Å². The standard InChI is InChI=1S/C11H11BrClNO3/c1-6(15)14-10(5-11(16)17)8-4-7(12)2-3-9(8)13/h2-4,10H,5H2,1H3,(H,14,15)(H,16,17)/t10-/m0/s1. The van der Waals surface area contributed by atoms with Gasteiger partial charge in [0.05, 0.1) is 12.5 Å². The maximum absolute atomic E-state index is 11.0. The van der Waals surface area contributed by atoms with Gasteiger partial charge in [0, 0.05) is 16.4 Å². The third-order valence-corrected chi connectivity index (χ3v) is 2.93. The number of carbonyl (C=O) groups is 2. The monoisotopic (exact) mass is 319 g/mol. The molecule has 0 saturated heterocycles. The molecular formula is C11H11BrClNO3. The summed E-state index contributed by atoms with van der Waals surface area (Å²) >= 11 is 9.27. The Bertz CT molecular complexity index is 434. The van der Waals surface area contributed by atoms with Crippen LogP contribution in [-0.4, -0.2) is 17.0 Å². The first kappa shape index (κ1) is 14.0. The van der Waals surface area contributed by atoms with Crippen molar-refractivity contribution in [2.24, 2.45) is 0 Å². The van der Waals surface area contributed by atoms with Gasteiger partial charge in [0.15, 0.2) is 0 Å². The zero-order valence-electron chi connectivity index (χ0n) is 9.04. The van der Waals surface area contributed by atoms with Crippen LogP contribution >= 0.6 is 27.5 Å². The molecular weight excluding hydrogens is 309 g/mol. The van der Waals surface area contributed by atoms with Crippen molar-refractivity contribution >= 4 is 39.4 Å². The zero-order valence-corrected chi connectivity index (χ0v) is 11.4. The first-order valence-corrected chi connectivity index (χ1v) is 6.01. The van der Waals surface area contributed by atoms with Crippen molar-refractivity contribution < 1.29 is 14.7 Å². The van der Waals surface area contributed by atoms with E-state index in [4.69, 9.17) is 16.7 Å². The minimum atomic E-state index is -1.00. The van der Waals surface area contributed by atoms with Gasteiger partial charge in [-0.05, 0) is 23.8 Å². The Morgan fingerprint density at radius 1 is 1.53 bits per heavy atom. The van der Waals surface area contributed by atoms with E-state index >= 15 is 0 Å². The Labute approximate surface area is 112 Å². The maximum atomic E-state index is 11.0. The predicted octanol–water partition coefficient (Wildman–Crippen LogP) is 2.75. The number of rotatable bonds is 4. The van der Waals surface area contributed by atoms with E-state index < -0.39 is 12.0 Å². The molecule has 6 heteroatoms. The fourth-order valence-electron chi connectivity index (χ4n) is 1.44. The Morgan fingerprint density at radius 3 is 2.71 bits per heavy atom. The molecule has 92 valence electrons. The van der Waals surface area contributed by atoms with Crippen LogP contribution < -0.4 is 5.32 Å². The molecule has 1 rings (SSSR count). The number of aliphatic carboxylic acids is 1. The minimum Gasteiger partial charge on any atom is -0.481 e. The van der Waals surface area contributed by atoms with Crippen LogP contribution in [0.5, 0.6) is 0 Å². The van der Waals surface area contributed by atoms with Gasteiger partial charge in [-0.15, -0.1) is 0 Å². The normalized spacial score (nSPS) is 11.9. The lowest BCUT2D eigenvalue weighted by atomic mass is 10.0. The molecule has 0 unspecified atom stereocenters. The van der Waals surface area contributed by atoms with Gasteiger partial charge in [-0.25, -0.2) is 0 Å². The highest BCUT2D eigenvalue weighted by Gasteiger charge is 2.19. The van der Waals surface area contributed by atoms with E-state index in [-0.39, 0.29) is 12.3 Å². The fraction of sp³-hybridized carbons (Fsp3) is 0.273. The zero-order chi connectivity index (χ0) is 13.0. The van der Waals surface area contributed by atoms with Crippen molar-refractivity contribution in [3.05, 3.63) is 33.3 Å². The molecule has 0 heterocycles. The van der Waals surface area contributed by atoms with Crippen LogP contribution in [0.3, 0.4) is 0 Å². The lowest BCUT2D eigenvalue weighted by Crippen LogP contribution is -2.28. The quantitative estimate of drug-likeness (QED) is 0.896. The third-order valence-electron chi connectivity index (χ3n) is 2.09. The summed E-state index contributed by atoms with van der Waals surface area (Å²) in [5.41, 5.74) is 0.582. The highest BCUT2D eigenvalue weighted by Crippen LogP contribution is 2.28. The summed E-state index contributed by atoms with van der Waals surface area (Å²) in [4.78, 5) is 21.8. The number of hydrogen-bond acceptors (Lipinski definition) is 2. The lowest BCUT2D eigenvalue weighted by Gasteiger charge is -2.18. The molecule has 2 N–H and O–H groups in total. The highest BCUT2D eigenvalue weighted by molar-refractivity contribution is 9.10. The van der Waals surface area contributed by atoms with E-state index in [1.807, 2.05) is 0 Å². The first-order chi connectivity index (χ1) is 7.90. The molecule has 0 radical (unpaired) electrons. The molecule has 0 aliphatic heterocycles. The molecule has 0 spiro atoms. The molecule has 0 bridgehead atoms. The fourth-order valence-corrected chi connectivity index (χ4v) is 2.07. The van der Waals surface area contributed by atoms with E-state index in [1.165, 1.54) is 6.92 Å². The van der Waals surface area contributed by atoms with E-state index in [0.29, 0.717) is 10.6 Å². The van der Waals surface area contributed by atoms with Crippen molar-refractivity contribution in [2.75, 3.05) is 0 Å². The van der Waals surface area contributed by atoms with Gasteiger partial charge < -0.3 is 10.4 Å². The van der Waals surface area contributed by atoms with Crippen LogP contribution in [0.4, 0.5) is 0 Å². The average molecular weight is 321 g/mol. The predicted molar refractivity (Wildman–Crippen MR) is 68.0 cm³/mol. The summed E-state index contributed by atoms with van der Waals surface area (Å²) < 4.78 is 0.776. The number of amides is 1. The van der Waals surface area contributed by atoms with Crippen LogP contribution in [0.15, 0.2) is 22.7 Å². The van der Waals surface area contributed by atoms with Crippen molar-refractivity contribution in [3.8, 4) is 0 Å². The average Bonchev–Trinajstić information content (AvgIpc) is 2.19. The molecule has 1 aromatic carbocycles. The van der Waals surface area contributed by atoms with Crippen LogP contribution in [0.25, 0.3) is 0 Å². The molecule has 0 fully saturated rings. The van der Waals surface area contributed by atoms with E-state index in [1.54, 1.807) is 18.2 Å². The summed E-state index contributed by atoms with van der Waals surface area (Å²) in [6.45, 7) is 1.33. The van der Waals surface area contributed by atoms with Crippen LogP contribution in [-0.2, 0) is 9.59 Å². The third kappa shape index (κ3) is 4.36. The molecule has 1 amide bonds. The van der Waals surface area contributed by atoms with E-state index in [9.17, 15) is 9.59 Å². The number of hydrogen-bond donors (Lipinski definition) is 2. The van der Waals surface area contributed by atoms with Gasteiger partial charge in [-0.2, -0.15) is 0 Å². The molecule has 17 heavy (non-hydrogen) atoms. The van der Waals surface area contributed by atoms with Crippen molar-refractivity contribution in [2.45, 2.75) is 19.4 Å². The number of carboxylic acid groups (broad SMARTS) is 1. The molecule has 1 aromatic rings. The first-order valence-electron chi connectivity index (χ1n) is 4.84. The second-order valence-electron chi connectivity index (χ2n) is 3.52. The van der Waals surface area contributed by atoms with E-state index in [0.717, 1.165) is 4.47 Å². The SMILES string of the molecule is CC(=O)N[C@@H](CC(=O)O)c1cc(Br)ccc1Cl. The summed E-state index contributed by atoms with van der Waals surface area (Å²) in [6.07, 6.45) is -0.213. The summed E-state index contributed by atoms with van der Waals surface area (Å²) in [5.74, 6) is -1.30. The van der Waals surface area contributed by atoms with Crippen molar-refractivity contribution in [1.82, 2.24) is 5.32 Å². The Morgan fingerprint density at radius 2 is 2.18 bits per heavy atom. The maximum Gasteiger partial charge on any atom is 0.305 e. The molecule has 4 nitrogen and oxygen atoms in total. The largest absolute Gasteiger partial charge is 0.481 e. The Balaban J connectivity index is 3.06. The summed E-state index contributed by atoms with van der Waals surface area (Å²) in [5, 5.41) is 11.8. The number of nitrogens with one attached hydrogen (secondary N) is 1. The topological polar surface area (TPSA) is 66.4 Å². The van der Waals surface area contributed by atoms with Crippen LogP contribution in [0, 0.1) is 0 Å². The van der Waals surface area contributed by atoms with Crippen LogP contribution in [0.1, 0.15) is 24.9 Å². The molecule has 0 aromatic heterocycles. The molecule has 1 atom stereocenters. The minimum absolute atomic E-state index is 0.213. The molecule has 0 aliphatic carbocycles. The van der Waals surface area contributed by atoms with Gasteiger partial charge in [-0.1, -0.05) is 27.5 Å². The number of carboxylic acids is 1. The van der Waals surface area contributed by atoms with E-state index in [2.05, 4.69) is 21.2 Å².